The van der Waals surface area contributed by atoms with Gasteiger partial charge in [-0.15, -0.1) is 0 Å². The van der Waals surface area contributed by atoms with E-state index in [0.29, 0.717) is 35.9 Å². The van der Waals surface area contributed by atoms with E-state index in [-0.39, 0.29) is 18.1 Å². The van der Waals surface area contributed by atoms with Crippen LogP contribution in [-0.2, 0) is 4.74 Å². The zero-order chi connectivity index (χ0) is 19.4. The van der Waals surface area contributed by atoms with Crippen LogP contribution in [0.4, 0.5) is 0 Å². The maximum Gasteiger partial charge on any atom is 0.254 e. The first-order valence-corrected chi connectivity index (χ1v) is 8.87. The van der Waals surface area contributed by atoms with Gasteiger partial charge in [0.05, 0.1) is 34.0 Å². The van der Waals surface area contributed by atoms with E-state index in [0.717, 1.165) is 5.56 Å². The van der Waals surface area contributed by atoms with E-state index >= 15 is 0 Å². The number of ether oxygens (including phenoxy) is 4. The summed E-state index contributed by atoms with van der Waals surface area (Å²) in [6.45, 7) is 2.99. The normalized spacial score (nSPS) is 19.5. The van der Waals surface area contributed by atoms with Crippen LogP contribution in [0.15, 0.2) is 42.5 Å². The van der Waals surface area contributed by atoms with Gasteiger partial charge in [-0.1, -0.05) is 30.3 Å². The Balaban J connectivity index is 1.88. The van der Waals surface area contributed by atoms with Crippen LogP contribution in [0.5, 0.6) is 17.2 Å². The van der Waals surface area contributed by atoms with Crippen LogP contribution >= 0.6 is 0 Å². The Morgan fingerprint density at radius 2 is 1.63 bits per heavy atom. The summed E-state index contributed by atoms with van der Waals surface area (Å²) in [4.78, 5) is 15.0. The molecule has 2 aromatic rings. The largest absolute Gasteiger partial charge is 0.493 e. The molecule has 1 amide bonds. The van der Waals surface area contributed by atoms with Crippen molar-refractivity contribution in [2.75, 3.05) is 34.4 Å². The minimum atomic E-state index is -0.152. The Morgan fingerprint density at radius 3 is 2.19 bits per heavy atom. The first-order valence-electron chi connectivity index (χ1n) is 8.87. The van der Waals surface area contributed by atoms with Gasteiger partial charge < -0.3 is 23.8 Å². The van der Waals surface area contributed by atoms with Gasteiger partial charge in [0.15, 0.2) is 11.5 Å². The Kier molecular flexibility index (Phi) is 5.86. The highest BCUT2D eigenvalue weighted by atomic mass is 16.5. The van der Waals surface area contributed by atoms with Crippen LogP contribution in [-0.4, -0.2) is 51.3 Å². The van der Waals surface area contributed by atoms with Crippen LogP contribution in [0.3, 0.4) is 0 Å². The van der Waals surface area contributed by atoms with Gasteiger partial charge in [0.25, 0.3) is 5.91 Å². The second kappa shape index (κ2) is 8.31. The standard InChI is InChI=1S/C21H25NO5/c1-14-12-22(13-19(27-14)15-8-6-5-7-9-15)21(23)16-10-17(24-2)20(26-4)18(11-16)25-3/h5-11,14,19H,12-13H2,1-4H3. The lowest BCUT2D eigenvalue weighted by Crippen LogP contribution is -2.46. The van der Waals surface area contributed by atoms with Gasteiger partial charge in [-0.2, -0.15) is 0 Å². The number of hydrogen-bond acceptors (Lipinski definition) is 5. The van der Waals surface area contributed by atoms with Crippen molar-refractivity contribution in [3.8, 4) is 17.2 Å². The van der Waals surface area contributed by atoms with Crippen molar-refractivity contribution in [2.45, 2.75) is 19.1 Å². The molecule has 0 spiro atoms. The van der Waals surface area contributed by atoms with Gasteiger partial charge in [0, 0.05) is 12.1 Å². The van der Waals surface area contributed by atoms with Crippen molar-refractivity contribution in [1.82, 2.24) is 4.90 Å². The van der Waals surface area contributed by atoms with Crippen LogP contribution in [0.1, 0.15) is 28.9 Å². The Hall–Kier alpha value is -2.73. The third kappa shape index (κ3) is 4.01. The fourth-order valence-electron chi connectivity index (χ4n) is 3.36. The summed E-state index contributed by atoms with van der Waals surface area (Å²) in [5, 5.41) is 0. The van der Waals surface area contributed by atoms with Crippen molar-refractivity contribution < 1.29 is 23.7 Å². The fraction of sp³-hybridized carbons (Fsp3) is 0.381. The number of nitrogens with zero attached hydrogens (tertiary/aromatic N) is 1. The van der Waals surface area contributed by atoms with Gasteiger partial charge in [0.1, 0.15) is 6.10 Å². The van der Waals surface area contributed by atoms with Gasteiger partial charge in [-0.3, -0.25) is 4.79 Å². The molecular formula is C21H25NO5. The third-order valence-corrected chi connectivity index (χ3v) is 4.63. The minimum Gasteiger partial charge on any atom is -0.493 e. The first kappa shape index (κ1) is 19.0. The fourth-order valence-corrected chi connectivity index (χ4v) is 3.36. The van der Waals surface area contributed by atoms with Crippen molar-refractivity contribution >= 4 is 5.91 Å². The summed E-state index contributed by atoms with van der Waals surface area (Å²) < 4.78 is 22.1. The van der Waals surface area contributed by atoms with E-state index in [1.54, 1.807) is 12.1 Å². The van der Waals surface area contributed by atoms with E-state index in [2.05, 4.69) is 0 Å². The molecule has 0 bridgehead atoms. The van der Waals surface area contributed by atoms with Gasteiger partial charge in [0.2, 0.25) is 5.75 Å². The highest BCUT2D eigenvalue weighted by Crippen LogP contribution is 2.38. The van der Waals surface area contributed by atoms with Gasteiger partial charge >= 0.3 is 0 Å². The molecule has 2 atom stereocenters. The molecule has 1 aliphatic rings. The lowest BCUT2D eigenvalue weighted by molar-refractivity contribution is -0.0691. The van der Waals surface area contributed by atoms with Gasteiger partial charge in [-0.05, 0) is 24.6 Å². The smallest absolute Gasteiger partial charge is 0.254 e. The number of carbonyl (C=O) groups excluding carboxylic acids is 1. The lowest BCUT2D eigenvalue weighted by Gasteiger charge is -2.37. The van der Waals surface area contributed by atoms with E-state index in [1.165, 1.54) is 21.3 Å². The average Bonchev–Trinajstić information content (AvgIpc) is 2.72. The van der Waals surface area contributed by atoms with Gasteiger partial charge in [-0.25, -0.2) is 0 Å². The second-order valence-electron chi connectivity index (χ2n) is 6.47. The van der Waals surface area contributed by atoms with Crippen molar-refractivity contribution in [3.63, 3.8) is 0 Å². The number of amides is 1. The molecule has 3 rings (SSSR count). The highest BCUT2D eigenvalue weighted by molar-refractivity contribution is 5.95. The Bertz CT molecular complexity index is 767. The summed E-state index contributed by atoms with van der Waals surface area (Å²) in [6, 6.07) is 13.3. The topological polar surface area (TPSA) is 57.2 Å². The molecule has 0 N–H and O–H groups in total. The summed E-state index contributed by atoms with van der Waals surface area (Å²) in [7, 11) is 4.61. The van der Waals surface area contributed by atoms with E-state index in [1.807, 2.05) is 42.2 Å². The summed E-state index contributed by atoms with van der Waals surface area (Å²) in [5.41, 5.74) is 1.55. The number of morpholine rings is 1. The molecule has 1 saturated heterocycles. The lowest BCUT2D eigenvalue weighted by atomic mass is 10.1. The van der Waals surface area contributed by atoms with E-state index < -0.39 is 0 Å². The van der Waals surface area contributed by atoms with Crippen LogP contribution in [0.2, 0.25) is 0 Å². The van der Waals surface area contributed by atoms with Crippen LogP contribution in [0, 0.1) is 0 Å². The summed E-state index contributed by atoms with van der Waals surface area (Å²) >= 11 is 0. The molecular weight excluding hydrogens is 346 g/mol. The summed E-state index contributed by atoms with van der Waals surface area (Å²) in [5.74, 6) is 1.29. The molecule has 1 fully saturated rings. The maximum atomic E-state index is 13.2. The molecule has 27 heavy (non-hydrogen) atoms. The zero-order valence-corrected chi connectivity index (χ0v) is 16.1. The number of rotatable bonds is 5. The van der Waals surface area contributed by atoms with E-state index in [4.69, 9.17) is 18.9 Å². The van der Waals surface area contributed by atoms with E-state index in [9.17, 15) is 4.79 Å². The Morgan fingerprint density at radius 1 is 1.00 bits per heavy atom. The van der Waals surface area contributed by atoms with Crippen LogP contribution in [0.25, 0.3) is 0 Å². The second-order valence-corrected chi connectivity index (χ2v) is 6.47. The van der Waals surface area contributed by atoms with Crippen LogP contribution < -0.4 is 14.2 Å². The minimum absolute atomic E-state index is 0.0602. The molecule has 0 aromatic heterocycles. The molecule has 2 unspecified atom stereocenters. The molecule has 1 aliphatic heterocycles. The zero-order valence-electron chi connectivity index (χ0n) is 16.1. The predicted molar refractivity (Wildman–Crippen MR) is 102 cm³/mol. The third-order valence-electron chi connectivity index (χ3n) is 4.63. The number of hydrogen-bond donors (Lipinski definition) is 0. The summed E-state index contributed by atoms with van der Waals surface area (Å²) in [6.07, 6.45) is -0.212. The molecule has 2 aromatic carbocycles. The molecule has 1 heterocycles. The molecule has 6 heteroatoms. The molecule has 0 aliphatic carbocycles. The maximum absolute atomic E-state index is 13.2. The molecule has 144 valence electrons. The molecule has 6 nitrogen and oxygen atoms in total. The highest BCUT2D eigenvalue weighted by Gasteiger charge is 2.30. The molecule has 0 saturated carbocycles. The molecule has 0 radical (unpaired) electrons. The predicted octanol–water partition coefficient (Wildman–Crippen LogP) is 3.31. The van der Waals surface area contributed by atoms with Crippen molar-refractivity contribution in [2.24, 2.45) is 0 Å². The number of carbonyl (C=O) groups is 1. The SMILES string of the molecule is COc1cc(C(=O)N2CC(C)OC(c3ccccc3)C2)cc(OC)c1OC. The van der Waals surface area contributed by atoms with Crippen molar-refractivity contribution in [1.29, 1.82) is 0 Å². The number of methoxy groups -OCH3 is 3. The average molecular weight is 371 g/mol. The quantitative estimate of drug-likeness (QED) is 0.807. The number of benzene rings is 2. The monoisotopic (exact) mass is 371 g/mol. The van der Waals surface area contributed by atoms with Crippen molar-refractivity contribution in [3.05, 3.63) is 53.6 Å². The Labute approximate surface area is 159 Å². The first-order chi connectivity index (χ1) is 13.1.